The zero-order chi connectivity index (χ0) is 23.5. The fourth-order valence-electron chi connectivity index (χ4n) is 3.29. The van der Waals surface area contributed by atoms with Gasteiger partial charge in [0.1, 0.15) is 22.0 Å². The molecule has 2 heterocycles. The summed E-state index contributed by atoms with van der Waals surface area (Å²) in [6, 6.07) is 5.10. The van der Waals surface area contributed by atoms with Crippen LogP contribution in [0.5, 0.6) is 0 Å². The quantitative estimate of drug-likeness (QED) is 0.344. The smallest absolute Gasteiger partial charge is 0.324 e. The number of sulfonamides is 1. The molecule has 32 heavy (non-hydrogen) atoms. The van der Waals surface area contributed by atoms with E-state index in [0.29, 0.717) is 24.2 Å². The summed E-state index contributed by atoms with van der Waals surface area (Å²) in [5, 5.41) is 0. The number of fused-ring (bicyclic) bond motifs is 1. The molecule has 12 heteroatoms. The van der Waals surface area contributed by atoms with E-state index < -0.39 is 28.6 Å². The van der Waals surface area contributed by atoms with Crippen molar-refractivity contribution in [2.75, 3.05) is 20.3 Å². The second-order valence-electron chi connectivity index (χ2n) is 7.19. The maximum Gasteiger partial charge on any atom is 0.324 e. The Kier molecular flexibility index (Phi) is 7.39. The number of ether oxygens (including phenoxy) is 2. The van der Waals surface area contributed by atoms with Crippen LogP contribution in [0.15, 0.2) is 29.2 Å². The molecule has 0 aliphatic heterocycles. The first kappa shape index (κ1) is 24.0. The van der Waals surface area contributed by atoms with E-state index in [2.05, 4.69) is 13.5 Å². The third kappa shape index (κ3) is 5.04. The molecule has 0 radical (unpaired) electrons. The van der Waals surface area contributed by atoms with Crippen molar-refractivity contribution in [2.45, 2.75) is 38.3 Å². The van der Waals surface area contributed by atoms with Crippen molar-refractivity contribution in [3.63, 3.8) is 0 Å². The molecule has 0 fully saturated rings. The van der Waals surface area contributed by atoms with Crippen molar-refractivity contribution in [3.8, 4) is 0 Å². The Morgan fingerprint density at radius 3 is 2.72 bits per heavy atom. The van der Waals surface area contributed by atoms with Gasteiger partial charge in [-0.1, -0.05) is 6.07 Å². The fourth-order valence-corrected chi connectivity index (χ4v) is 5.25. The van der Waals surface area contributed by atoms with Gasteiger partial charge in [-0.05, 0) is 39.0 Å². The highest BCUT2D eigenvalue weighted by molar-refractivity contribution is 7.89. The molecule has 3 rings (SSSR count). The number of hydrogen-bond donors (Lipinski definition) is 1. The second kappa shape index (κ2) is 9.86. The fraction of sp³-hybridized carbons (Fsp3) is 0.400. The molecule has 2 aromatic heterocycles. The number of nitrogens with zero attached hydrogens (tertiary/aromatic N) is 3. The highest BCUT2D eigenvalue weighted by Crippen LogP contribution is 2.21. The highest BCUT2D eigenvalue weighted by atomic mass is 32.2. The van der Waals surface area contributed by atoms with Crippen LogP contribution in [-0.4, -0.2) is 59.8 Å². The Labute approximate surface area is 189 Å². The molecule has 172 valence electrons. The molecule has 0 amide bonds. The molecule has 0 bridgehead atoms. The first-order chi connectivity index (χ1) is 15.2. The summed E-state index contributed by atoms with van der Waals surface area (Å²) in [4.78, 5) is 24.9. The van der Waals surface area contributed by atoms with Crippen LogP contribution in [-0.2, 0) is 30.8 Å². The van der Waals surface area contributed by atoms with Crippen LogP contribution in [0.25, 0.3) is 11.0 Å². The number of nitrogens with one attached hydrogen (secondary N) is 1. The predicted molar refractivity (Wildman–Crippen MR) is 118 cm³/mol. The van der Waals surface area contributed by atoms with E-state index in [9.17, 15) is 18.0 Å². The minimum atomic E-state index is -4.06. The van der Waals surface area contributed by atoms with Gasteiger partial charge in [0.15, 0.2) is 6.61 Å². The summed E-state index contributed by atoms with van der Waals surface area (Å²) < 4.78 is 47.9. The van der Waals surface area contributed by atoms with E-state index in [4.69, 9.17) is 9.47 Å². The standard InChI is InChI=1S/C20H24N4O6S2/c1-12-10-15(14(3)24(12)8-9-29-4)17(25)11-30-20(26)13(2)23-32(27,28)18-7-5-6-16-19(18)22-31-21-16/h5-7,10,13,23H,8-9,11H2,1-4H3/t13-/m0/s1. The molecule has 0 aliphatic carbocycles. The number of benzene rings is 1. The number of carbonyl (C=O) groups is 2. The Morgan fingerprint density at radius 1 is 1.25 bits per heavy atom. The van der Waals surface area contributed by atoms with Crippen LogP contribution >= 0.6 is 11.7 Å². The third-order valence-electron chi connectivity index (χ3n) is 4.96. The molecule has 0 unspecified atom stereocenters. The normalized spacial score (nSPS) is 12.8. The second-order valence-corrected chi connectivity index (χ2v) is 9.40. The average Bonchev–Trinajstić information content (AvgIpc) is 3.34. The van der Waals surface area contributed by atoms with Crippen molar-refractivity contribution in [1.29, 1.82) is 0 Å². The van der Waals surface area contributed by atoms with Gasteiger partial charge in [-0.25, -0.2) is 8.42 Å². The molecule has 0 spiro atoms. The molecular weight excluding hydrogens is 456 g/mol. The number of methoxy groups -OCH3 is 1. The first-order valence-electron chi connectivity index (χ1n) is 9.74. The first-order valence-corrected chi connectivity index (χ1v) is 12.0. The number of carbonyl (C=O) groups excluding carboxylic acids is 2. The van der Waals surface area contributed by atoms with E-state index in [1.165, 1.54) is 13.0 Å². The van der Waals surface area contributed by atoms with Crippen molar-refractivity contribution >= 4 is 44.5 Å². The van der Waals surface area contributed by atoms with Crippen molar-refractivity contribution < 1.29 is 27.5 Å². The van der Waals surface area contributed by atoms with Gasteiger partial charge in [-0.15, -0.1) is 0 Å². The van der Waals surface area contributed by atoms with Crippen LogP contribution < -0.4 is 4.72 Å². The van der Waals surface area contributed by atoms with Crippen LogP contribution in [0.2, 0.25) is 0 Å². The van der Waals surface area contributed by atoms with E-state index in [1.54, 1.807) is 25.3 Å². The van der Waals surface area contributed by atoms with Crippen molar-refractivity contribution in [3.05, 3.63) is 41.2 Å². The lowest BCUT2D eigenvalue weighted by atomic mass is 10.1. The van der Waals surface area contributed by atoms with Gasteiger partial charge < -0.3 is 14.0 Å². The molecule has 1 N–H and O–H groups in total. The third-order valence-corrected chi connectivity index (χ3v) is 7.08. The number of aryl methyl sites for hydroxylation is 1. The number of ketones is 1. The lowest BCUT2D eigenvalue weighted by molar-refractivity contribution is -0.144. The van der Waals surface area contributed by atoms with E-state index >= 15 is 0 Å². The number of hydrogen-bond acceptors (Lipinski definition) is 9. The molecule has 10 nitrogen and oxygen atoms in total. The lowest BCUT2D eigenvalue weighted by Crippen LogP contribution is -2.40. The molecule has 3 aromatic rings. The van der Waals surface area contributed by atoms with Gasteiger partial charge in [0, 0.05) is 30.6 Å². The van der Waals surface area contributed by atoms with Gasteiger partial charge in [-0.2, -0.15) is 13.5 Å². The highest BCUT2D eigenvalue weighted by Gasteiger charge is 2.26. The monoisotopic (exact) mass is 480 g/mol. The van der Waals surface area contributed by atoms with Gasteiger partial charge in [-0.3, -0.25) is 9.59 Å². The van der Waals surface area contributed by atoms with Crippen molar-refractivity contribution in [1.82, 2.24) is 18.0 Å². The summed E-state index contributed by atoms with van der Waals surface area (Å²) >= 11 is 0.896. The Hall–Kier alpha value is -2.67. The molecule has 0 saturated carbocycles. The summed E-state index contributed by atoms with van der Waals surface area (Å²) in [6.45, 7) is 5.64. The van der Waals surface area contributed by atoms with Gasteiger partial charge in [0.05, 0.1) is 18.3 Å². The maximum absolute atomic E-state index is 12.7. The van der Waals surface area contributed by atoms with E-state index in [0.717, 1.165) is 23.1 Å². The summed E-state index contributed by atoms with van der Waals surface area (Å²) in [5.41, 5.74) is 2.76. The lowest BCUT2D eigenvalue weighted by Gasteiger charge is -2.14. The van der Waals surface area contributed by atoms with Crippen LogP contribution in [0, 0.1) is 13.8 Å². The summed E-state index contributed by atoms with van der Waals surface area (Å²) in [7, 11) is -2.46. The Balaban J connectivity index is 1.64. The van der Waals surface area contributed by atoms with E-state index in [1.807, 2.05) is 18.4 Å². The predicted octanol–water partition coefficient (Wildman–Crippen LogP) is 1.85. The SMILES string of the molecule is COCCn1c(C)cc(C(=O)COC(=O)[C@H](C)NS(=O)(=O)c2cccc3nsnc23)c1C. The number of aromatic nitrogens is 3. The topological polar surface area (TPSA) is 129 Å². The van der Waals surface area contributed by atoms with Crippen LogP contribution in [0.3, 0.4) is 0 Å². The minimum Gasteiger partial charge on any atom is -0.456 e. The average molecular weight is 481 g/mol. The number of Topliss-reactive ketones (excluding diaryl/α,β-unsaturated/α-hetero) is 1. The molecule has 0 saturated heterocycles. The van der Waals surface area contributed by atoms with Crippen LogP contribution in [0.1, 0.15) is 28.7 Å². The zero-order valence-corrected chi connectivity index (χ0v) is 19.7. The van der Waals surface area contributed by atoms with Crippen LogP contribution in [0.4, 0.5) is 0 Å². The zero-order valence-electron chi connectivity index (χ0n) is 18.1. The summed E-state index contributed by atoms with van der Waals surface area (Å²) in [5.74, 6) is -1.23. The molecule has 1 atom stereocenters. The van der Waals surface area contributed by atoms with E-state index in [-0.39, 0.29) is 16.2 Å². The molecule has 0 aliphatic rings. The molecule has 1 aromatic carbocycles. The Bertz CT molecular complexity index is 1250. The van der Waals surface area contributed by atoms with Gasteiger partial charge in [0.25, 0.3) is 0 Å². The van der Waals surface area contributed by atoms with Crippen molar-refractivity contribution in [2.24, 2.45) is 0 Å². The van der Waals surface area contributed by atoms with Gasteiger partial charge >= 0.3 is 5.97 Å². The summed E-state index contributed by atoms with van der Waals surface area (Å²) in [6.07, 6.45) is 0. The largest absolute Gasteiger partial charge is 0.456 e. The minimum absolute atomic E-state index is 0.0806. The molecular formula is C20H24N4O6S2. The Morgan fingerprint density at radius 2 is 2.00 bits per heavy atom. The maximum atomic E-state index is 12.7. The number of rotatable bonds is 10. The van der Waals surface area contributed by atoms with Gasteiger partial charge in [0.2, 0.25) is 15.8 Å². The number of esters is 1.